The number of nitrogens with one attached hydrogen (secondary N) is 1. The van der Waals surface area contributed by atoms with Crippen LogP contribution < -0.4 is 11.1 Å². The summed E-state index contributed by atoms with van der Waals surface area (Å²) < 4.78 is 0. The highest BCUT2D eigenvalue weighted by atomic mass is 32.2. The van der Waals surface area contributed by atoms with Crippen LogP contribution in [0.1, 0.15) is 12.6 Å². The van der Waals surface area contributed by atoms with E-state index < -0.39 is 29.2 Å². The number of aromatic nitrogens is 1. The van der Waals surface area contributed by atoms with Crippen LogP contribution in [0.3, 0.4) is 0 Å². The van der Waals surface area contributed by atoms with Gasteiger partial charge in [0.25, 0.3) is 11.8 Å². The highest BCUT2D eigenvalue weighted by Crippen LogP contribution is 2.40. The Morgan fingerprint density at radius 3 is 2.81 bits per heavy atom. The number of rotatable bonds is 5. The molecule has 0 bridgehead atoms. The minimum atomic E-state index is -1.21. The molecular weight excluding hydrogens is 394 g/mol. The van der Waals surface area contributed by atoms with Gasteiger partial charge < -0.3 is 21.4 Å². The lowest BCUT2D eigenvalue weighted by atomic mass is 10.0. The van der Waals surface area contributed by atoms with Crippen LogP contribution >= 0.6 is 23.1 Å². The number of allylic oxidation sites excluding steroid dienone is 2. The molecule has 1 saturated heterocycles. The van der Waals surface area contributed by atoms with Crippen LogP contribution in [0.15, 0.2) is 34.0 Å². The lowest BCUT2D eigenvalue weighted by molar-refractivity contribution is -0.150. The van der Waals surface area contributed by atoms with Gasteiger partial charge in [-0.1, -0.05) is 17.3 Å². The number of β-lactam (4-membered cyclic amide) rings is 1. The zero-order valence-electron chi connectivity index (χ0n) is 13.9. The summed E-state index contributed by atoms with van der Waals surface area (Å²) in [5, 5.41) is 25.1. The molecular formula is C15H15N5O5S2. The predicted octanol–water partition coefficient (Wildman–Crippen LogP) is 0.218. The summed E-state index contributed by atoms with van der Waals surface area (Å²) in [4.78, 5) is 41.5. The Morgan fingerprint density at radius 1 is 1.52 bits per heavy atom. The van der Waals surface area contributed by atoms with E-state index in [2.05, 4.69) is 15.5 Å². The zero-order valence-corrected chi connectivity index (χ0v) is 15.6. The van der Waals surface area contributed by atoms with Gasteiger partial charge in [-0.15, -0.1) is 23.1 Å². The van der Waals surface area contributed by atoms with Crippen molar-refractivity contribution in [3.8, 4) is 0 Å². The van der Waals surface area contributed by atoms with E-state index in [1.165, 1.54) is 17.1 Å². The van der Waals surface area contributed by atoms with Crippen molar-refractivity contribution in [2.45, 2.75) is 18.3 Å². The Hall–Kier alpha value is -2.86. The Bertz CT molecular complexity index is 906. The van der Waals surface area contributed by atoms with Crippen molar-refractivity contribution in [1.82, 2.24) is 15.2 Å². The van der Waals surface area contributed by atoms with Crippen molar-refractivity contribution in [2.75, 3.05) is 11.5 Å². The summed E-state index contributed by atoms with van der Waals surface area (Å²) in [7, 11) is 0. The van der Waals surface area contributed by atoms with Gasteiger partial charge in [-0.2, -0.15) is 0 Å². The number of carboxylic acid groups (broad SMARTS) is 1. The van der Waals surface area contributed by atoms with E-state index in [1.807, 2.05) is 0 Å². The third-order valence-electron chi connectivity index (χ3n) is 3.93. The van der Waals surface area contributed by atoms with E-state index in [4.69, 9.17) is 10.9 Å². The molecule has 1 fully saturated rings. The quantitative estimate of drug-likeness (QED) is 0.233. The smallest absolute Gasteiger partial charge is 0.352 e. The number of hydrogen-bond acceptors (Lipinski definition) is 9. The number of anilines is 1. The maximum atomic E-state index is 12.5. The second-order valence-electron chi connectivity index (χ2n) is 5.56. The molecule has 1 aromatic rings. The molecule has 0 radical (unpaired) electrons. The number of nitrogens with two attached hydrogens (primary N) is 1. The number of oxime groups is 1. The number of carbonyl (C=O) groups excluding carboxylic acids is 2. The summed E-state index contributed by atoms with van der Waals surface area (Å²) in [5.41, 5.74) is 5.66. The fraction of sp³-hybridized carbons (Fsp3) is 0.267. The van der Waals surface area contributed by atoms with Crippen molar-refractivity contribution in [3.63, 3.8) is 0 Å². The summed E-state index contributed by atoms with van der Waals surface area (Å²) in [6.07, 6.45) is 3.35. The van der Waals surface area contributed by atoms with Crippen LogP contribution in [0.5, 0.6) is 0 Å². The molecule has 0 aromatic carbocycles. The lowest BCUT2D eigenvalue weighted by Gasteiger charge is -2.49. The molecule has 142 valence electrons. The highest BCUT2D eigenvalue weighted by molar-refractivity contribution is 8.00. The van der Waals surface area contributed by atoms with Crippen LogP contribution in [0.4, 0.5) is 5.13 Å². The normalized spacial score (nSPS) is 22.6. The van der Waals surface area contributed by atoms with Crippen molar-refractivity contribution < 1.29 is 24.7 Å². The van der Waals surface area contributed by atoms with E-state index in [1.54, 1.807) is 19.1 Å². The van der Waals surface area contributed by atoms with E-state index >= 15 is 0 Å². The third-order valence-corrected chi connectivity index (χ3v) is 5.91. The third kappa shape index (κ3) is 3.28. The molecule has 1 aromatic heterocycles. The maximum absolute atomic E-state index is 12.5. The van der Waals surface area contributed by atoms with Crippen LogP contribution in [0, 0.1) is 0 Å². The number of nitrogens with zero attached hydrogens (tertiary/aromatic N) is 3. The number of thioether (sulfide) groups is 1. The van der Waals surface area contributed by atoms with Gasteiger partial charge in [0.15, 0.2) is 10.8 Å². The fourth-order valence-electron chi connectivity index (χ4n) is 2.79. The number of hydrogen-bond donors (Lipinski definition) is 4. The molecule has 2 unspecified atom stereocenters. The molecule has 2 amide bonds. The van der Waals surface area contributed by atoms with Crippen molar-refractivity contribution >= 4 is 51.7 Å². The number of fused-ring (bicyclic) bond motifs is 1. The van der Waals surface area contributed by atoms with Gasteiger partial charge in [0.05, 0.1) is 0 Å². The number of thiazole rings is 1. The number of nitrogen functional groups attached to an aromatic ring is 1. The van der Waals surface area contributed by atoms with E-state index in [-0.39, 0.29) is 22.2 Å². The number of aliphatic carboxylic acids is 1. The van der Waals surface area contributed by atoms with Gasteiger partial charge in [0.2, 0.25) is 0 Å². The lowest BCUT2D eigenvalue weighted by Crippen LogP contribution is -2.71. The van der Waals surface area contributed by atoms with E-state index in [9.17, 15) is 19.5 Å². The van der Waals surface area contributed by atoms with Crippen LogP contribution in [0.25, 0.3) is 0 Å². The van der Waals surface area contributed by atoms with Crippen molar-refractivity contribution in [1.29, 1.82) is 0 Å². The number of amides is 2. The van der Waals surface area contributed by atoms with Crippen molar-refractivity contribution in [3.05, 3.63) is 34.5 Å². The predicted molar refractivity (Wildman–Crippen MR) is 99.3 cm³/mol. The first-order valence-corrected chi connectivity index (χ1v) is 9.60. The minimum absolute atomic E-state index is 0.0823. The molecule has 12 heteroatoms. The SMILES string of the molecule is CC=CC1=C(C(=O)O)N2C(=O)C(NC(=O)C(=NO)c3csc(N)n3)C2SC1. The maximum Gasteiger partial charge on any atom is 0.352 e. The molecule has 3 heterocycles. The summed E-state index contributed by atoms with van der Waals surface area (Å²) in [6.45, 7) is 1.76. The molecule has 0 saturated carbocycles. The summed E-state index contributed by atoms with van der Waals surface area (Å²) >= 11 is 2.41. The summed E-state index contributed by atoms with van der Waals surface area (Å²) in [5.74, 6) is -2.17. The second kappa shape index (κ2) is 7.40. The Labute approximate surface area is 161 Å². The Balaban J connectivity index is 1.79. The van der Waals surface area contributed by atoms with Gasteiger partial charge in [-0.3, -0.25) is 14.5 Å². The fourth-order valence-corrected chi connectivity index (χ4v) is 4.66. The molecule has 2 aliphatic rings. The molecule has 0 aliphatic carbocycles. The molecule has 0 spiro atoms. The van der Waals surface area contributed by atoms with Crippen LogP contribution in [-0.2, 0) is 14.4 Å². The van der Waals surface area contributed by atoms with Gasteiger partial charge in [-0.05, 0) is 12.5 Å². The second-order valence-corrected chi connectivity index (χ2v) is 7.55. The number of carbonyl (C=O) groups is 3. The molecule has 2 atom stereocenters. The van der Waals surface area contributed by atoms with Crippen LogP contribution in [-0.4, -0.2) is 60.9 Å². The zero-order chi connectivity index (χ0) is 19.7. The largest absolute Gasteiger partial charge is 0.477 e. The van der Waals surface area contributed by atoms with Gasteiger partial charge in [0.1, 0.15) is 22.8 Å². The average molecular weight is 409 g/mol. The van der Waals surface area contributed by atoms with Gasteiger partial charge >= 0.3 is 5.97 Å². The average Bonchev–Trinajstić information content (AvgIpc) is 3.05. The topological polar surface area (TPSA) is 158 Å². The van der Waals surface area contributed by atoms with Gasteiger partial charge in [0, 0.05) is 11.1 Å². The van der Waals surface area contributed by atoms with E-state index in [0.29, 0.717) is 11.3 Å². The summed E-state index contributed by atoms with van der Waals surface area (Å²) in [6, 6.07) is -0.934. The molecule has 5 N–H and O–H groups in total. The molecule has 10 nitrogen and oxygen atoms in total. The van der Waals surface area contributed by atoms with E-state index in [0.717, 1.165) is 16.2 Å². The molecule has 3 rings (SSSR count). The first-order chi connectivity index (χ1) is 12.9. The molecule has 27 heavy (non-hydrogen) atoms. The minimum Gasteiger partial charge on any atom is -0.477 e. The monoisotopic (exact) mass is 409 g/mol. The number of carboxylic acids is 1. The highest BCUT2D eigenvalue weighted by Gasteiger charge is 2.54. The molecule has 2 aliphatic heterocycles. The van der Waals surface area contributed by atoms with Crippen molar-refractivity contribution in [2.24, 2.45) is 5.16 Å². The van der Waals surface area contributed by atoms with Crippen LogP contribution in [0.2, 0.25) is 0 Å². The first kappa shape index (κ1) is 18.9. The van der Waals surface area contributed by atoms with Gasteiger partial charge in [-0.25, -0.2) is 9.78 Å². The standard InChI is InChI=1S/C15H15N5O5S2/c1-2-3-6-4-26-13-9(12(22)20(13)10(6)14(23)24)18-11(21)8(19-25)7-5-27-15(16)17-7/h2-3,5,9,13,25H,4H2,1H3,(H2,16,17)(H,18,21)(H,23,24). The Morgan fingerprint density at radius 2 is 2.26 bits per heavy atom. The first-order valence-electron chi connectivity index (χ1n) is 7.67. The Kier molecular flexibility index (Phi) is 5.19.